The number of benzene rings is 3. The lowest BCUT2D eigenvalue weighted by Crippen LogP contribution is -2.54. The molecular formula is C31H31ClN2O6. The number of nitrogens with one attached hydrogen (secondary N) is 1. The molecule has 40 heavy (non-hydrogen) atoms. The van der Waals surface area contributed by atoms with Crippen LogP contribution >= 0.6 is 11.6 Å². The van der Waals surface area contributed by atoms with E-state index in [4.69, 9.17) is 25.8 Å². The van der Waals surface area contributed by atoms with E-state index in [0.717, 1.165) is 34.4 Å². The van der Waals surface area contributed by atoms with Crippen LogP contribution in [0.2, 0.25) is 5.02 Å². The molecule has 0 aromatic heterocycles. The maximum absolute atomic E-state index is 13.3. The predicted molar refractivity (Wildman–Crippen MR) is 154 cm³/mol. The monoisotopic (exact) mass is 562 g/mol. The molecule has 1 aliphatic rings. The lowest BCUT2D eigenvalue weighted by atomic mass is 10.1. The van der Waals surface area contributed by atoms with E-state index >= 15 is 0 Å². The van der Waals surface area contributed by atoms with E-state index in [1.807, 2.05) is 26.0 Å². The molecule has 3 aromatic carbocycles. The zero-order valence-electron chi connectivity index (χ0n) is 22.9. The second kappa shape index (κ2) is 12.7. The van der Waals surface area contributed by atoms with Gasteiger partial charge in [0.1, 0.15) is 17.9 Å². The van der Waals surface area contributed by atoms with Gasteiger partial charge in [-0.3, -0.25) is 14.9 Å². The summed E-state index contributed by atoms with van der Waals surface area (Å²) in [6.45, 7) is 6.95. The highest BCUT2D eigenvalue weighted by molar-refractivity contribution is 6.39. The van der Waals surface area contributed by atoms with Crippen molar-refractivity contribution >= 4 is 41.2 Å². The number of anilines is 1. The van der Waals surface area contributed by atoms with Gasteiger partial charge in [-0.15, -0.1) is 0 Å². The quantitative estimate of drug-likeness (QED) is 0.175. The Hall–Kier alpha value is -4.30. The average molecular weight is 563 g/mol. The minimum Gasteiger partial charge on any atom is -0.494 e. The Morgan fingerprint density at radius 1 is 0.950 bits per heavy atom. The zero-order chi connectivity index (χ0) is 28.8. The highest BCUT2D eigenvalue weighted by Crippen LogP contribution is 2.38. The largest absolute Gasteiger partial charge is 0.494 e. The van der Waals surface area contributed by atoms with Gasteiger partial charge in [0, 0.05) is 0 Å². The SMILES string of the molecule is CCCCOc1ccc(N2C(=O)NC(=O)/C(=C/c3cc(Cl)c(OCc4cc(C)cc(C)c4)c(OC)c3)C2=O)cc1. The van der Waals surface area contributed by atoms with Crippen LogP contribution in [0.25, 0.3) is 6.08 Å². The summed E-state index contributed by atoms with van der Waals surface area (Å²) in [6, 6.07) is 15.0. The Kier molecular flexibility index (Phi) is 9.11. The third-order valence-electron chi connectivity index (χ3n) is 6.19. The second-order valence-electron chi connectivity index (χ2n) is 9.47. The van der Waals surface area contributed by atoms with Crippen molar-refractivity contribution in [3.05, 3.63) is 87.4 Å². The topological polar surface area (TPSA) is 94.2 Å². The van der Waals surface area contributed by atoms with E-state index in [-0.39, 0.29) is 17.2 Å². The number of nitrogens with zero attached hydrogens (tertiary/aromatic N) is 1. The van der Waals surface area contributed by atoms with E-state index < -0.39 is 17.8 Å². The van der Waals surface area contributed by atoms with E-state index in [0.29, 0.717) is 35.1 Å². The first-order valence-electron chi connectivity index (χ1n) is 12.9. The van der Waals surface area contributed by atoms with Gasteiger partial charge in [-0.05, 0) is 73.9 Å². The molecule has 0 atom stereocenters. The first-order valence-corrected chi connectivity index (χ1v) is 13.3. The van der Waals surface area contributed by atoms with Gasteiger partial charge in [0.2, 0.25) is 0 Å². The smallest absolute Gasteiger partial charge is 0.335 e. The third kappa shape index (κ3) is 6.63. The van der Waals surface area contributed by atoms with Crippen molar-refractivity contribution in [2.75, 3.05) is 18.6 Å². The maximum atomic E-state index is 13.3. The van der Waals surface area contributed by atoms with Crippen molar-refractivity contribution in [3.63, 3.8) is 0 Å². The van der Waals surface area contributed by atoms with E-state index in [1.165, 1.54) is 13.2 Å². The van der Waals surface area contributed by atoms with Crippen LogP contribution < -0.4 is 24.4 Å². The maximum Gasteiger partial charge on any atom is 0.335 e. The molecule has 0 unspecified atom stereocenters. The molecule has 0 aliphatic carbocycles. The highest BCUT2D eigenvalue weighted by atomic mass is 35.5. The number of barbiturate groups is 1. The highest BCUT2D eigenvalue weighted by Gasteiger charge is 2.37. The minimum atomic E-state index is -0.836. The van der Waals surface area contributed by atoms with Gasteiger partial charge in [0.15, 0.2) is 11.5 Å². The number of methoxy groups -OCH3 is 1. The molecule has 0 spiro atoms. The lowest BCUT2D eigenvalue weighted by molar-refractivity contribution is -0.122. The fraction of sp³-hybridized carbons (Fsp3) is 0.258. The van der Waals surface area contributed by atoms with Crippen molar-refractivity contribution in [2.24, 2.45) is 0 Å². The summed E-state index contributed by atoms with van der Waals surface area (Å²) < 4.78 is 17.1. The molecule has 1 heterocycles. The number of carbonyl (C=O) groups excluding carboxylic acids is 3. The van der Waals surface area contributed by atoms with Gasteiger partial charge in [0.25, 0.3) is 11.8 Å². The van der Waals surface area contributed by atoms with Crippen molar-refractivity contribution in [1.82, 2.24) is 5.32 Å². The van der Waals surface area contributed by atoms with Crippen LogP contribution in [0.5, 0.6) is 17.2 Å². The summed E-state index contributed by atoms with van der Waals surface area (Å²) in [4.78, 5) is 39.5. The van der Waals surface area contributed by atoms with Crippen molar-refractivity contribution in [2.45, 2.75) is 40.2 Å². The van der Waals surface area contributed by atoms with Gasteiger partial charge >= 0.3 is 6.03 Å². The Labute approximate surface area is 238 Å². The number of amides is 4. The summed E-state index contributed by atoms with van der Waals surface area (Å²) >= 11 is 6.54. The van der Waals surface area contributed by atoms with Crippen molar-refractivity contribution in [1.29, 1.82) is 0 Å². The number of aryl methyl sites for hydroxylation is 2. The molecule has 1 saturated heterocycles. The molecule has 4 amide bonds. The van der Waals surface area contributed by atoms with Crippen LogP contribution in [-0.4, -0.2) is 31.6 Å². The number of halogens is 1. The van der Waals surface area contributed by atoms with E-state index in [1.54, 1.807) is 36.4 Å². The number of ether oxygens (including phenoxy) is 3. The lowest BCUT2D eigenvalue weighted by Gasteiger charge is -2.26. The Balaban J connectivity index is 1.57. The second-order valence-corrected chi connectivity index (χ2v) is 9.88. The Bertz CT molecular complexity index is 1450. The number of hydrogen-bond donors (Lipinski definition) is 1. The fourth-order valence-corrected chi connectivity index (χ4v) is 4.63. The Morgan fingerprint density at radius 2 is 1.65 bits per heavy atom. The number of imide groups is 2. The van der Waals surface area contributed by atoms with E-state index in [2.05, 4.69) is 18.3 Å². The van der Waals surface area contributed by atoms with Gasteiger partial charge in [-0.25, -0.2) is 9.69 Å². The summed E-state index contributed by atoms with van der Waals surface area (Å²) in [7, 11) is 1.47. The number of carbonyl (C=O) groups is 3. The predicted octanol–water partition coefficient (Wildman–Crippen LogP) is 6.39. The summed E-state index contributed by atoms with van der Waals surface area (Å²) in [6.07, 6.45) is 3.28. The molecule has 4 rings (SSSR count). The molecule has 3 aromatic rings. The molecule has 0 bridgehead atoms. The van der Waals surface area contributed by atoms with Gasteiger partial charge in [-0.1, -0.05) is 54.3 Å². The molecule has 1 fully saturated rings. The standard InChI is InChI=1S/C31H31ClN2O6/c1-5-6-11-39-24-9-7-23(8-10-24)34-30(36)25(29(35)33-31(34)37)15-21-16-26(32)28(27(17-21)38-4)40-18-22-13-19(2)12-20(3)14-22/h7-10,12-17H,5-6,11,18H2,1-4H3,(H,33,35,37)/b25-15-. The van der Waals surface area contributed by atoms with Crippen LogP contribution in [0.4, 0.5) is 10.5 Å². The fourth-order valence-electron chi connectivity index (χ4n) is 4.36. The van der Waals surface area contributed by atoms with Gasteiger partial charge < -0.3 is 14.2 Å². The number of unbranched alkanes of at least 4 members (excludes halogenated alkanes) is 1. The van der Waals surface area contributed by atoms with Crippen LogP contribution in [0.3, 0.4) is 0 Å². The summed E-state index contributed by atoms with van der Waals surface area (Å²) in [5.74, 6) is -0.285. The molecule has 208 valence electrons. The van der Waals surface area contributed by atoms with Crippen molar-refractivity contribution in [3.8, 4) is 17.2 Å². The molecule has 9 heteroatoms. The first-order chi connectivity index (χ1) is 19.2. The molecule has 0 radical (unpaired) electrons. The van der Waals surface area contributed by atoms with Crippen LogP contribution in [-0.2, 0) is 16.2 Å². The van der Waals surface area contributed by atoms with Crippen LogP contribution in [0.15, 0.2) is 60.2 Å². The normalized spacial score (nSPS) is 14.4. The summed E-state index contributed by atoms with van der Waals surface area (Å²) in [5.41, 5.74) is 3.72. The van der Waals surface area contributed by atoms with Crippen LogP contribution in [0, 0.1) is 13.8 Å². The number of hydrogen-bond acceptors (Lipinski definition) is 6. The molecular weight excluding hydrogens is 532 g/mol. The first kappa shape index (κ1) is 28.7. The van der Waals surface area contributed by atoms with Crippen molar-refractivity contribution < 1.29 is 28.6 Å². The molecule has 8 nitrogen and oxygen atoms in total. The Morgan fingerprint density at radius 3 is 2.30 bits per heavy atom. The molecule has 0 saturated carbocycles. The van der Waals surface area contributed by atoms with Crippen LogP contribution in [0.1, 0.15) is 42.0 Å². The minimum absolute atomic E-state index is 0.232. The zero-order valence-corrected chi connectivity index (χ0v) is 23.6. The number of urea groups is 1. The number of rotatable bonds is 10. The summed E-state index contributed by atoms with van der Waals surface area (Å²) in [5, 5.41) is 2.47. The van der Waals surface area contributed by atoms with E-state index in [9.17, 15) is 14.4 Å². The average Bonchev–Trinajstić information content (AvgIpc) is 2.90. The van der Waals surface area contributed by atoms with Gasteiger partial charge in [-0.2, -0.15) is 0 Å². The van der Waals surface area contributed by atoms with Gasteiger partial charge in [0.05, 0.1) is 24.4 Å². The molecule has 1 N–H and O–H groups in total. The third-order valence-corrected chi connectivity index (χ3v) is 6.47. The molecule has 1 aliphatic heterocycles.